The van der Waals surface area contributed by atoms with Crippen LogP contribution in [0.5, 0.6) is 0 Å². The van der Waals surface area contributed by atoms with Gasteiger partial charge >= 0.3 is 5.97 Å². The van der Waals surface area contributed by atoms with Gasteiger partial charge in [-0.25, -0.2) is 4.68 Å². The summed E-state index contributed by atoms with van der Waals surface area (Å²) >= 11 is 0. The number of ether oxygens (including phenoxy) is 1. The minimum Gasteiger partial charge on any atom is -0.481 e. The SMILES string of the molecule is Cc1nn(-c2ccccc2)cc1C(=O)N1CCOCC1CC(=O)O. The number of para-hydroxylation sites is 1. The van der Waals surface area contributed by atoms with Crippen molar-refractivity contribution >= 4 is 11.9 Å². The molecule has 0 saturated carbocycles. The van der Waals surface area contributed by atoms with Crippen molar-refractivity contribution in [3.05, 3.63) is 47.8 Å². The Bertz CT molecular complexity index is 742. The first-order chi connectivity index (χ1) is 11.6. The highest BCUT2D eigenvalue weighted by Crippen LogP contribution is 2.18. The minimum absolute atomic E-state index is 0.127. The molecule has 1 aromatic heterocycles. The van der Waals surface area contributed by atoms with Crippen LogP contribution in [0.3, 0.4) is 0 Å². The zero-order valence-corrected chi connectivity index (χ0v) is 13.4. The van der Waals surface area contributed by atoms with E-state index in [0.29, 0.717) is 24.4 Å². The fraction of sp³-hybridized carbons (Fsp3) is 0.353. The number of amides is 1. The molecule has 0 aliphatic carbocycles. The van der Waals surface area contributed by atoms with Crippen LogP contribution in [-0.2, 0) is 9.53 Å². The molecular formula is C17H19N3O4. The molecule has 2 heterocycles. The van der Waals surface area contributed by atoms with Gasteiger partial charge in [0.1, 0.15) is 0 Å². The second-order valence-electron chi connectivity index (χ2n) is 5.73. The molecular weight excluding hydrogens is 310 g/mol. The number of rotatable bonds is 4. The topological polar surface area (TPSA) is 84.7 Å². The lowest BCUT2D eigenvalue weighted by Gasteiger charge is -2.34. The number of aromatic nitrogens is 2. The third-order valence-electron chi connectivity index (χ3n) is 4.05. The monoisotopic (exact) mass is 329 g/mol. The Morgan fingerprint density at radius 1 is 1.33 bits per heavy atom. The molecule has 3 rings (SSSR count). The number of carboxylic acid groups (broad SMARTS) is 1. The summed E-state index contributed by atoms with van der Waals surface area (Å²) in [6, 6.07) is 9.07. The van der Waals surface area contributed by atoms with Gasteiger partial charge in [-0.15, -0.1) is 0 Å². The van der Waals surface area contributed by atoms with Crippen molar-refractivity contribution in [3.8, 4) is 5.69 Å². The standard InChI is InChI=1S/C17H19N3O4/c1-12-15(10-20(18-12)13-5-3-2-4-6-13)17(23)19-7-8-24-11-14(19)9-16(21)22/h2-6,10,14H,7-9,11H2,1H3,(H,21,22). The van der Waals surface area contributed by atoms with Gasteiger partial charge in [-0.05, 0) is 19.1 Å². The van der Waals surface area contributed by atoms with E-state index in [1.807, 2.05) is 30.3 Å². The van der Waals surface area contributed by atoms with E-state index in [0.717, 1.165) is 5.69 Å². The number of benzene rings is 1. The average molecular weight is 329 g/mol. The van der Waals surface area contributed by atoms with Gasteiger partial charge in [0.25, 0.3) is 5.91 Å². The van der Waals surface area contributed by atoms with E-state index in [-0.39, 0.29) is 18.9 Å². The number of aliphatic carboxylic acids is 1. The molecule has 1 saturated heterocycles. The fourth-order valence-corrected chi connectivity index (χ4v) is 2.83. The summed E-state index contributed by atoms with van der Waals surface area (Å²) in [4.78, 5) is 25.5. The number of morpholine rings is 1. The molecule has 0 radical (unpaired) electrons. The summed E-state index contributed by atoms with van der Waals surface area (Å²) in [5.74, 6) is -1.15. The Morgan fingerprint density at radius 3 is 2.79 bits per heavy atom. The summed E-state index contributed by atoms with van der Waals surface area (Å²) in [5.41, 5.74) is 1.96. The molecule has 24 heavy (non-hydrogen) atoms. The van der Waals surface area contributed by atoms with Crippen LogP contribution in [0.1, 0.15) is 22.5 Å². The molecule has 126 valence electrons. The summed E-state index contributed by atoms with van der Waals surface area (Å²) in [6.45, 7) is 2.81. The van der Waals surface area contributed by atoms with E-state index in [2.05, 4.69) is 5.10 Å². The normalized spacial score (nSPS) is 17.7. The molecule has 2 aromatic rings. The lowest BCUT2D eigenvalue weighted by Crippen LogP contribution is -2.49. The Balaban J connectivity index is 1.86. The first-order valence-corrected chi connectivity index (χ1v) is 7.78. The number of nitrogens with zero attached hydrogens (tertiary/aromatic N) is 3. The Kier molecular flexibility index (Phi) is 4.61. The quantitative estimate of drug-likeness (QED) is 0.919. The molecule has 1 aromatic carbocycles. The van der Waals surface area contributed by atoms with Gasteiger partial charge in [0.05, 0.1) is 42.6 Å². The molecule has 0 spiro atoms. The van der Waals surface area contributed by atoms with Gasteiger partial charge in [0, 0.05) is 12.7 Å². The predicted molar refractivity (Wildman–Crippen MR) is 86.2 cm³/mol. The third-order valence-corrected chi connectivity index (χ3v) is 4.05. The maximum absolute atomic E-state index is 12.9. The highest BCUT2D eigenvalue weighted by molar-refractivity contribution is 5.95. The van der Waals surface area contributed by atoms with Gasteiger partial charge < -0.3 is 14.7 Å². The van der Waals surface area contributed by atoms with E-state index in [4.69, 9.17) is 9.84 Å². The van der Waals surface area contributed by atoms with Crippen molar-refractivity contribution in [3.63, 3.8) is 0 Å². The third kappa shape index (κ3) is 3.30. The number of carboxylic acids is 1. The second-order valence-corrected chi connectivity index (χ2v) is 5.73. The molecule has 7 nitrogen and oxygen atoms in total. The van der Waals surface area contributed by atoms with Crippen molar-refractivity contribution in [2.24, 2.45) is 0 Å². The van der Waals surface area contributed by atoms with Crippen LogP contribution < -0.4 is 0 Å². The maximum Gasteiger partial charge on any atom is 0.305 e. The zero-order chi connectivity index (χ0) is 17.1. The van der Waals surface area contributed by atoms with Crippen LogP contribution in [0, 0.1) is 6.92 Å². The molecule has 1 aliphatic rings. The number of hydrogen-bond acceptors (Lipinski definition) is 4. The zero-order valence-electron chi connectivity index (χ0n) is 13.4. The number of carbonyl (C=O) groups is 2. The highest BCUT2D eigenvalue weighted by atomic mass is 16.5. The van der Waals surface area contributed by atoms with Gasteiger partial charge in [-0.1, -0.05) is 18.2 Å². The van der Waals surface area contributed by atoms with E-state index in [1.54, 1.807) is 22.7 Å². The van der Waals surface area contributed by atoms with Crippen LogP contribution in [0.15, 0.2) is 36.5 Å². The molecule has 7 heteroatoms. The van der Waals surface area contributed by atoms with Crippen molar-refractivity contribution in [2.75, 3.05) is 19.8 Å². The summed E-state index contributed by atoms with van der Waals surface area (Å²) in [7, 11) is 0. The summed E-state index contributed by atoms with van der Waals surface area (Å²) in [6.07, 6.45) is 1.57. The van der Waals surface area contributed by atoms with Crippen molar-refractivity contribution in [1.29, 1.82) is 0 Å². The molecule has 1 aliphatic heterocycles. The van der Waals surface area contributed by atoms with Crippen molar-refractivity contribution in [1.82, 2.24) is 14.7 Å². The lowest BCUT2D eigenvalue weighted by atomic mass is 10.1. The molecule has 1 atom stereocenters. The molecule has 1 N–H and O–H groups in total. The van der Waals surface area contributed by atoms with Gasteiger partial charge in [-0.3, -0.25) is 9.59 Å². The van der Waals surface area contributed by atoms with Gasteiger partial charge in [0.15, 0.2) is 0 Å². The van der Waals surface area contributed by atoms with Crippen LogP contribution in [0.25, 0.3) is 5.69 Å². The highest BCUT2D eigenvalue weighted by Gasteiger charge is 2.31. The number of aryl methyl sites for hydroxylation is 1. The number of hydrogen-bond donors (Lipinski definition) is 1. The van der Waals surface area contributed by atoms with Crippen molar-refractivity contribution < 1.29 is 19.4 Å². The van der Waals surface area contributed by atoms with E-state index < -0.39 is 12.0 Å². The van der Waals surface area contributed by atoms with Crippen LogP contribution in [0.2, 0.25) is 0 Å². The van der Waals surface area contributed by atoms with E-state index >= 15 is 0 Å². The van der Waals surface area contributed by atoms with Crippen LogP contribution in [0.4, 0.5) is 0 Å². The smallest absolute Gasteiger partial charge is 0.305 e. The molecule has 0 bridgehead atoms. The molecule has 1 fully saturated rings. The summed E-state index contributed by atoms with van der Waals surface area (Å²) < 4.78 is 6.99. The predicted octanol–water partition coefficient (Wildman–Crippen LogP) is 1.50. The first-order valence-electron chi connectivity index (χ1n) is 7.78. The first kappa shape index (κ1) is 16.2. The summed E-state index contributed by atoms with van der Waals surface area (Å²) in [5, 5.41) is 13.4. The van der Waals surface area contributed by atoms with Crippen LogP contribution in [-0.4, -0.2) is 57.5 Å². The van der Waals surface area contributed by atoms with Gasteiger partial charge in [0.2, 0.25) is 0 Å². The van der Waals surface area contributed by atoms with Gasteiger partial charge in [-0.2, -0.15) is 5.10 Å². The largest absolute Gasteiger partial charge is 0.481 e. The second kappa shape index (κ2) is 6.84. The molecule has 1 amide bonds. The van der Waals surface area contributed by atoms with E-state index in [9.17, 15) is 9.59 Å². The van der Waals surface area contributed by atoms with E-state index in [1.165, 1.54) is 0 Å². The van der Waals surface area contributed by atoms with Crippen LogP contribution >= 0.6 is 0 Å². The number of carbonyl (C=O) groups excluding carboxylic acids is 1. The average Bonchev–Trinajstić information content (AvgIpc) is 2.97. The Hall–Kier alpha value is -2.67. The minimum atomic E-state index is -0.944. The maximum atomic E-state index is 12.9. The Morgan fingerprint density at radius 2 is 2.08 bits per heavy atom. The fourth-order valence-electron chi connectivity index (χ4n) is 2.83. The van der Waals surface area contributed by atoms with Crippen molar-refractivity contribution in [2.45, 2.75) is 19.4 Å². The lowest BCUT2D eigenvalue weighted by molar-refractivity contribution is -0.139. The Labute approximate surface area is 139 Å². The molecule has 1 unspecified atom stereocenters.